The van der Waals surface area contributed by atoms with Crippen LogP contribution in [0, 0.1) is 0 Å². The van der Waals surface area contributed by atoms with Gasteiger partial charge in [-0.3, -0.25) is 19.8 Å². The standard InChI is InChI=1S/C22H23N5O5S/c1-26-13-3-6-19(26)25-33(31,32)18-5-2-4-16(14-18)23-22(30)15-7-9-17(10-8-15)27-21(29)12-11-20(28)24-27/h2,4-5,7-10,14H,3,6,11-13H2,1H3,(H,23,30)(H,24,28)/b25-19+. The molecule has 0 aliphatic carbocycles. The molecule has 2 heterocycles. The fourth-order valence-corrected chi connectivity index (χ4v) is 4.72. The van der Waals surface area contributed by atoms with Gasteiger partial charge in [-0.1, -0.05) is 6.07 Å². The lowest BCUT2D eigenvalue weighted by atomic mass is 10.1. The molecule has 2 saturated heterocycles. The maximum atomic E-state index is 12.7. The van der Waals surface area contributed by atoms with Crippen LogP contribution >= 0.6 is 0 Å². The molecule has 33 heavy (non-hydrogen) atoms. The SMILES string of the molecule is CN1CCC/C1=N\S(=O)(=O)c1cccc(NC(=O)c2ccc(N3NC(=O)CCC3=O)cc2)c1. The van der Waals surface area contributed by atoms with Gasteiger partial charge in [0.15, 0.2) is 0 Å². The van der Waals surface area contributed by atoms with Crippen molar-refractivity contribution in [2.45, 2.75) is 30.6 Å². The van der Waals surface area contributed by atoms with Crippen LogP contribution in [0.4, 0.5) is 11.4 Å². The molecule has 11 heteroatoms. The van der Waals surface area contributed by atoms with E-state index in [0.29, 0.717) is 29.2 Å². The summed E-state index contributed by atoms with van der Waals surface area (Å²) in [5.74, 6) is -0.423. The summed E-state index contributed by atoms with van der Waals surface area (Å²) in [7, 11) is -2.10. The zero-order chi connectivity index (χ0) is 23.6. The molecule has 2 aliphatic heterocycles. The quantitative estimate of drug-likeness (QED) is 0.688. The maximum absolute atomic E-state index is 12.7. The zero-order valence-corrected chi connectivity index (χ0v) is 18.8. The third-order valence-corrected chi connectivity index (χ3v) is 6.69. The van der Waals surface area contributed by atoms with E-state index in [4.69, 9.17) is 0 Å². The second-order valence-corrected chi connectivity index (χ2v) is 9.40. The van der Waals surface area contributed by atoms with Crippen LogP contribution in [0.1, 0.15) is 36.0 Å². The topological polar surface area (TPSA) is 128 Å². The van der Waals surface area contributed by atoms with Crippen molar-refractivity contribution in [3.05, 3.63) is 54.1 Å². The van der Waals surface area contributed by atoms with Gasteiger partial charge in [-0.15, -0.1) is 4.40 Å². The number of hydrogen-bond acceptors (Lipinski definition) is 5. The fraction of sp³-hybridized carbons (Fsp3) is 0.273. The fourth-order valence-electron chi connectivity index (χ4n) is 3.58. The first-order valence-corrected chi connectivity index (χ1v) is 11.9. The van der Waals surface area contributed by atoms with Gasteiger partial charge >= 0.3 is 0 Å². The van der Waals surface area contributed by atoms with Crippen LogP contribution in [-0.2, 0) is 19.6 Å². The van der Waals surface area contributed by atoms with Crippen LogP contribution in [0.15, 0.2) is 57.8 Å². The number of amidine groups is 1. The molecule has 2 aromatic carbocycles. The highest BCUT2D eigenvalue weighted by molar-refractivity contribution is 7.90. The van der Waals surface area contributed by atoms with Gasteiger partial charge in [-0.05, 0) is 48.9 Å². The molecule has 0 bridgehead atoms. The average molecular weight is 470 g/mol. The smallest absolute Gasteiger partial charge is 0.284 e. The number of hydrazine groups is 1. The van der Waals surface area contributed by atoms with Gasteiger partial charge in [-0.25, -0.2) is 5.01 Å². The van der Waals surface area contributed by atoms with E-state index in [9.17, 15) is 22.8 Å². The van der Waals surface area contributed by atoms with Gasteiger partial charge in [0, 0.05) is 44.1 Å². The van der Waals surface area contributed by atoms with E-state index in [0.717, 1.165) is 18.0 Å². The lowest BCUT2D eigenvalue weighted by Crippen LogP contribution is -2.50. The van der Waals surface area contributed by atoms with Crippen molar-refractivity contribution in [1.82, 2.24) is 10.3 Å². The van der Waals surface area contributed by atoms with Gasteiger partial charge in [0.25, 0.3) is 15.9 Å². The number of amides is 3. The molecule has 0 atom stereocenters. The van der Waals surface area contributed by atoms with E-state index in [2.05, 4.69) is 15.1 Å². The van der Waals surface area contributed by atoms with E-state index >= 15 is 0 Å². The number of carbonyl (C=O) groups excluding carboxylic acids is 3. The zero-order valence-electron chi connectivity index (χ0n) is 17.9. The molecule has 2 fully saturated rings. The minimum atomic E-state index is -3.90. The second kappa shape index (κ2) is 9.02. The van der Waals surface area contributed by atoms with Crippen molar-refractivity contribution in [2.24, 2.45) is 4.40 Å². The van der Waals surface area contributed by atoms with Gasteiger partial charge in [-0.2, -0.15) is 8.42 Å². The molecular formula is C22H23N5O5S. The maximum Gasteiger partial charge on any atom is 0.284 e. The lowest BCUT2D eigenvalue weighted by molar-refractivity contribution is -0.130. The first-order valence-electron chi connectivity index (χ1n) is 10.4. The number of nitrogens with zero attached hydrogens (tertiary/aromatic N) is 3. The summed E-state index contributed by atoms with van der Waals surface area (Å²) in [5, 5.41) is 3.83. The van der Waals surface area contributed by atoms with Crippen molar-refractivity contribution < 1.29 is 22.8 Å². The third-order valence-electron chi connectivity index (χ3n) is 5.39. The molecular weight excluding hydrogens is 446 g/mol. The Morgan fingerprint density at radius 2 is 1.82 bits per heavy atom. The predicted octanol–water partition coefficient (Wildman–Crippen LogP) is 1.91. The van der Waals surface area contributed by atoms with Gasteiger partial charge in [0.05, 0.1) is 10.6 Å². The Hall–Kier alpha value is -3.73. The third kappa shape index (κ3) is 5.03. The lowest BCUT2D eigenvalue weighted by Gasteiger charge is -2.27. The number of sulfonamides is 1. The van der Waals surface area contributed by atoms with Crippen molar-refractivity contribution in [1.29, 1.82) is 0 Å². The normalized spacial score (nSPS) is 17.9. The number of nitrogens with one attached hydrogen (secondary N) is 2. The Morgan fingerprint density at radius 1 is 1.06 bits per heavy atom. The molecule has 0 spiro atoms. The number of likely N-dealkylation sites (tertiary alicyclic amines) is 1. The summed E-state index contributed by atoms with van der Waals surface area (Å²) in [6, 6.07) is 12.0. The van der Waals surface area contributed by atoms with E-state index < -0.39 is 15.9 Å². The van der Waals surface area contributed by atoms with Crippen molar-refractivity contribution in [3.63, 3.8) is 0 Å². The molecule has 172 valence electrons. The van der Waals surface area contributed by atoms with Gasteiger partial charge < -0.3 is 10.2 Å². The second-order valence-electron chi connectivity index (χ2n) is 7.80. The van der Waals surface area contributed by atoms with E-state index in [1.54, 1.807) is 25.2 Å². The van der Waals surface area contributed by atoms with Gasteiger partial charge in [0.1, 0.15) is 5.84 Å². The molecule has 0 aromatic heterocycles. The monoisotopic (exact) mass is 469 g/mol. The number of carbonyl (C=O) groups is 3. The molecule has 2 aromatic rings. The summed E-state index contributed by atoms with van der Waals surface area (Å²) in [6.07, 6.45) is 1.73. The minimum Gasteiger partial charge on any atom is -0.362 e. The Kier molecular flexibility index (Phi) is 6.14. The Bertz CT molecular complexity index is 1240. The van der Waals surface area contributed by atoms with E-state index in [1.807, 2.05) is 4.90 Å². The van der Waals surface area contributed by atoms with E-state index in [1.165, 1.54) is 30.3 Å². The van der Waals surface area contributed by atoms with Crippen LogP contribution in [0.25, 0.3) is 0 Å². The van der Waals surface area contributed by atoms with E-state index in [-0.39, 0.29) is 29.6 Å². The van der Waals surface area contributed by atoms with Crippen LogP contribution in [0.5, 0.6) is 0 Å². The Balaban J connectivity index is 1.48. The summed E-state index contributed by atoms with van der Waals surface area (Å²) in [6.45, 7) is 0.765. The minimum absolute atomic E-state index is 0.0113. The summed E-state index contributed by atoms with van der Waals surface area (Å²) < 4.78 is 29.3. The molecule has 3 amide bonds. The van der Waals surface area contributed by atoms with Crippen LogP contribution in [0.2, 0.25) is 0 Å². The highest BCUT2D eigenvalue weighted by Crippen LogP contribution is 2.22. The molecule has 2 N–H and O–H groups in total. The number of rotatable bonds is 5. The highest BCUT2D eigenvalue weighted by atomic mass is 32.2. The molecule has 0 unspecified atom stereocenters. The molecule has 10 nitrogen and oxygen atoms in total. The Morgan fingerprint density at radius 3 is 2.52 bits per heavy atom. The van der Waals surface area contributed by atoms with Gasteiger partial charge in [0.2, 0.25) is 11.8 Å². The van der Waals surface area contributed by atoms with Crippen molar-refractivity contribution in [3.8, 4) is 0 Å². The predicted molar refractivity (Wildman–Crippen MR) is 122 cm³/mol. The number of anilines is 2. The number of hydrogen-bond donors (Lipinski definition) is 2. The average Bonchev–Trinajstić information content (AvgIpc) is 3.19. The van der Waals surface area contributed by atoms with Crippen LogP contribution in [0.3, 0.4) is 0 Å². The largest absolute Gasteiger partial charge is 0.362 e. The molecule has 4 rings (SSSR count). The van der Waals surface area contributed by atoms with Crippen molar-refractivity contribution in [2.75, 3.05) is 23.9 Å². The first kappa shape index (κ1) is 22.5. The summed E-state index contributed by atoms with van der Waals surface area (Å²) >= 11 is 0. The summed E-state index contributed by atoms with van der Waals surface area (Å²) in [4.78, 5) is 38.0. The van der Waals surface area contributed by atoms with Crippen LogP contribution in [-0.4, -0.2) is 50.5 Å². The van der Waals surface area contributed by atoms with Crippen LogP contribution < -0.4 is 15.8 Å². The Labute approximate surface area is 191 Å². The molecule has 2 aliphatic rings. The van der Waals surface area contributed by atoms with Crippen molar-refractivity contribution >= 4 is 45.0 Å². The highest BCUT2D eigenvalue weighted by Gasteiger charge is 2.24. The summed E-state index contributed by atoms with van der Waals surface area (Å²) in [5.41, 5.74) is 3.54. The number of benzene rings is 2. The molecule has 0 radical (unpaired) electrons. The first-order chi connectivity index (χ1) is 15.7. The molecule has 0 saturated carbocycles.